The molecule has 0 radical (unpaired) electrons. The molecule has 22 heavy (non-hydrogen) atoms. The van der Waals surface area contributed by atoms with E-state index in [4.69, 9.17) is 9.47 Å². The third-order valence-electron chi connectivity index (χ3n) is 2.89. The Hall–Kier alpha value is -1.57. The summed E-state index contributed by atoms with van der Waals surface area (Å²) in [6.07, 6.45) is 4.73. The summed E-state index contributed by atoms with van der Waals surface area (Å²) in [6.45, 7) is 5.68. The fourth-order valence-corrected chi connectivity index (χ4v) is 2.34. The highest BCUT2D eigenvalue weighted by Crippen LogP contribution is 2.21. The van der Waals surface area contributed by atoms with E-state index in [2.05, 4.69) is 22.3 Å². The summed E-state index contributed by atoms with van der Waals surface area (Å²) in [5, 5.41) is 10.1. The maximum Gasteiger partial charge on any atom is 0.347 e. The minimum Gasteiger partial charge on any atom is -0.463 e. The van der Waals surface area contributed by atoms with E-state index in [0.29, 0.717) is 11.6 Å². The molecule has 0 aliphatic rings. The van der Waals surface area contributed by atoms with Gasteiger partial charge < -0.3 is 9.47 Å². The second kappa shape index (κ2) is 10.2. The molecule has 0 bridgehead atoms. The Kier molecular flexibility index (Phi) is 8.57. The lowest BCUT2D eigenvalue weighted by Crippen LogP contribution is -2.30. The van der Waals surface area contributed by atoms with Gasteiger partial charge in [-0.15, -0.1) is 5.10 Å². The number of H-pyrrole nitrogens is 1. The first-order chi connectivity index (χ1) is 10.5. The van der Waals surface area contributed by atoms with Crippen LogP contribution in [0.5, 0.6) is 0 Å². The number of carbonyl (C=O) groups excluding carboxylic acids is 2. The second-order valence-corrected chi connectivity index (χ2v) is 6.24. The first kappa shape index (κ1) is 18.5. The Bertz CT molecular complexity index is 453. The van der Waals surface area contributed by atoms with Crippen molar-refractivity contribution in [2.24, 2.45) is 0 Å². The average molecular weight is 329 g/mol. The molecule has 1 N–H and O–H groups in total. The molecule has 0 saturated heterocycles. The van der Waals surface area contributed by atoms with Crippen LogP contribution in [0.3, 0.4) is 0 Å². The monoisotopic (exact) mass is 329 g/mol. The number of unbranched alkanes of at least 4 members (excludes halogenated alkanes) is 3. The van der Waals surface area contributed by atoms with Crippen molar-refractivity contribution in [1.82, 2.24) is 15.4 Å². The van der Waals surface area contributed by atoms with Crippen LogP contribution in [0.1, 0.15) is 46.5 Å². The number of rotatable bonds is 10. The fraction of sp³-hybridized carbons (Fsp3) is 0.714. The molecule has 0 spiro atoms. The molecule has 1 heterocycles. The number of hydrogen-bond acceptors (Lipinski definition) is 7. The Morgan fingerprint density at radius 1 is 1.27 bits per heavy atom. The number of thioether (sulfide) groups is 1. The number of aromatic nitrogens is 3. The quantitative estimate of drug-likeness (QED) is 0.400. The van der Waals surface area contributed by atoms with Crippen LogP contribution < -0.4 is 0 Å². The van der Waals surface area contributed by atoms with Crippen LogP contribution >= 0.6 is 11.8 Å². The molecule has 2 unspecified atom stereocenters. The Balaban J connectivity index is 2.25. The van der Waals surface area contributed by atoms with Crippen LogP contribution in [0.4, 0.5) is 0 Å². The van der Waals surface area contributed by atoms with Gasteiger partial charge in [0.15, 0.2) is 6.10 Å². The lowest BCUT2D eigenvalue weighted by molar-refractivity contribution is -0.166. The van der Waals surface area contributed by atoms with Gasteiger partial charge in [0.1, 0.15) is 10.3 Å². The van der Waals surface area contributed by atoms with Crippen LogP contribution in [0, 0.1) is 0 Å². The third kappa shape index (κ3) is 6.93. The largest absolute Gasteiger partial charge is 0.463 e. The Morgan fingerprint density at radius 3 is 2.68 bits per heavy atom. The molecule has 0 saturated carbocycles. The predicted molar refractivity (Wildman–Crippen MR) is 82.4 cm³/mol. The number of hydrogen-bond donors (Lipinski definition) is 1. The lowest BCUT2D eigenvalue weighted by Gasteiger charge is -2.15. The topological polar surface area (TPSA) is 94.2 Å². The van der Waals surface area contributed by atoms with E-state index in [1.807, 2.05) is 0 Å². The van der Waals surface area contributed by atoms with Crippen LogP contribution in [0.15, 0.2) is 11.2 Å². The summed E-state index contributed by atoms with van der Waals surface area (Å²) >= 11 is 1.21. The fourth-order valence-electron chi connectivity index (χ4n) is 1.61. The van der Waals surface area contributed by atoms with Crippen molar-refractivity contribution in [2.75, 3.05) is 6.61 Å². The Labute approximate surface area is 134 Å². The number of ether oxygens (including phenoxy) is 2. The van der Waals surface area contributed by atoms with Gasteiger partial charge in [0.25, 0.3) is 0 Å². The predicted octanol–water partition coefficient (Wildman–Crippen LogP) is 2.34. The maximum atomic E-state index is 11.9. The van der Waals surface area contributed by atoms with Crippen molar-refractivity contribution >= 4 is 23.7 Å². The van der Waals surface area contributed by atoms with E-state index >= 15 is 0 Å². The number of nitrogens with one attached hydrogen (secondary N) is 1. The highest BCUT2D eigenvalue weighted by atomic mass is 32.2. The average Bonchev–Trinajstić information content (AvgIpc) is 2.99. The number of nitrogens with zero attached hydrogens (tertiary/aromatic N) is 2. The van der Waals surface area contributed by atoms with Gasteiger partial charge >= 0.3 is 11.9 Å². The van der Waals surface area contributed by atoms with Crippen molar-refractivity contribution in [3.63, 3.8) is 0 Å². The molecule has 0 aromatic carbocycles. The molecule has 1 aromatic heterocycles. The minimum absolute atomic E-state index is 0.365. The zero-order valence-electron chi connectivity index (χ0n) is 13.2. The highest BCUT2D eigenvalue weighted by Gasteiger charge is 2.24. The molecule has 0 aliphatic heterocycles. The van der Waals surface area contributed by atoms with Gasteiger partial charge in [0.05, 0.1) is 12.8 Å². The van der Waals surface area contributed by atoms with Crippen LogP contribution in [0.2, 0.25) is 0 Å². The minimum atomic E-state index is -0.904. The molecule has 1 rings (SSSR count). The lowest BCUT2D eigenvalue weighted by atomic mass is 10.2. The van der Waals surface area contributed by atoms with Crippen molar-refractivity contribution in [3.8, 4) is 0 Å². The van der Waals surface area contributed by atoms with E-state index in [-0.39, 0.29) is 0 Å². The molecule has 8 heteroatoms. The summed E-state index contributed by atoms with van der Waals surface area (Å²) in [5.74, 6) is -0.994. The number of aromatic amines is 1. The maximum absolute atomic E-state index is 11.9. The van der Waals surface area contributed by atoms with E-state index in [0.717, 1.165) is 25.7 Å². The van der Waals surface area contributed by atoms with Crippen molar-refractivity contribution in [1.29, 1.82) is 0 Å². The van der Waals surface area contributed by atoms with Gasteiger partial charge in [0, 0.05) is 0 Å². The standard InChI is InChI=1S/C14H23N3O4S/c1-4-5-6-7-8-20-13(18)10(2)21-14(19)11(3)22-12-9-15-17-16-12/h9-11H,4-8H2,1-3H3,(H,15,16,17). The van der Waals surface area contributed by atoms with Crippen molar-refractivity contribution in [3.05, 3.63) is 6.20 Å². The normalized spacial score (nSPS) is 13.4. The van der Waals surface area contributed by atoms with Crippen molar-refractivity contribution in [2.45, 2.75) is 62.8 Å². The molecule has 0 amide bonds. The van der Waals surface area contributed by atoms with E-state index in [1.54, 1.807) is 6.92 Å². The number of esters is 2. The summed E-state index contributed by atoms with van der Waals surface area (Å²) in [6, 6.07) is 0. The zero-order valence-corrected chi connectivity index (χ0v) is 14.0. The molecule has 2 atom stereocenters. The summed E-state index contributed by atoms with van der Waals surface area (Å²) in [4.78, 5) is 23.6. The zero-order chi connectivity index (χ0) is 16.4. The molecule has 0 fully saturated rings. The smallest absolute Gasteiger partial charge is 0.347 e. The molecular weight excluding hydrogens is 306 g/mol. The van der Waals surface area contributed by atoms with Crippen LogP contribution in [-0.4, -0.2) is 45.3 Å². The van der Waals surface area contributed by atoms with Gasteiger partial charge in [-0.05, 0) is 20.3 Å². The van der Waals surface area contributed by atoms with E-state index < -0.39 is 23.3 Å². The van der Waals surface area contributed by atoms with Gasteiger partial charge in [-0.25, -0.2) is 4.79 Å². The molecule has 1 aromatic rings. The van der Waals surface area contributed by atoms with Gasteiger partial charge in [-0.3, -0.25) is 4.79 Å². The summed E-state index contributed by atoms with van der Waals surface area (Å²) in [7, 11) is 0. The number of carbonyl (C=O) groups is 2. The van der Waals surface area contributed by atoms with Gasteiger partial charge in [-0.1, -0.05) is 37.9 Å². The van der Waals surface area contributed by atoms with E-state index in [9.17, 15) is 9.59 Å². The molecule has 0 aliphatic carbocycles. The first-order valence-electron chi connectivity index (χ1n) is 7.44. The van der Waals surface area contributed by atoms with Gasteiger partial charge in [0.2, 0.25) is 0 Å². The molecule has 7 nitrogen and oxygen atoms in total. The summed E-state index contributed by atoms with van der Waals surface area (Å²) in [5.41, 5.74) is 0. The first-order valence-corrected chi connectivity index (χ1v) is 8.32. The molecular formula is C14H23N3O4S. The highest BCUT2D eigenvalue weighted by molar-refractivity contribution is 8.00. The van der Waals surface area contributed by atoms with Crippen LogP contribution in [0.25, 0.3) is 0 Å². The Morgan fingerprint density at radius 2 is 2.05 bits per heavy atom. The van der Waals surface area contributed by atoms with E-state index in [1.165, 1.54) is 24.9 Å². The summed E-state index contributed by atoms with van der Waals surface area (Å²) < 4.78 is 10.2. The second-order valence-electron chi connectivity index (χ2n) is 4.88. The molecule has 124 valence electrons. The SMILES string of the molecule is CCCCCCOC(=O)C(C)OC(=O)C(C)Sc1cn[nH]n1. The third-order valence-corrected chi connectivity index (χ3v) is 3.87. The van der Waals surface area contributed by atoms with Crippen LogP contribution in [-0.2, 0) is 19.1 Å². The van der Waals surface area contributed by atoms with Crippen molar-refractivity contribution < 1.29 is 19.1 Å². The van der Waals surface area contributed by atoms with Gasteiger partial charge in [-0.2, -0.15) is 10.3 Å².